The SMILES string of the molecule is C=C1N(C)C(=O)C=CN1[C@@H]1O[C@H](CCP(=C)(C)C)[C@@H](O)[C@H]1O. The van der Waals surface area contributed by atoms with Gasteiger partial charge in [-0.25, -0.2) is 0 Å². The van der Waals surface area contributed by atoms with Gasteiger partial charge < -0.3 is 19.8 Å². The highest BCUT2D eigenvalue weighted by Crippen LogP contribution is 2.38. The van der Waals surface area contributed by atoms with Crippen LogP contribution in [0.3, 0.4) is 0 Å². The first-order chi connectivity index (χ1) is 10.1. The van der Waals surface area contributed by atoms with E-state index in [1.54, 1.807) is 11.9 Å². The van der Waals surface area contributed by atoms with Gasteiger partial charge in [0.05, 0.1) is 6.10 Å². The molecule has 0 saturated carbocycles. The number of carbonyl (C=O) groups excluding carboxylic acids is 1. The molecule has 0 unspecified atom stereocenters. The monoisotopic (exact) mass is 328 g/mol. The van der Waals surface area contributed by atoms with Gasteiger partial charge in [-0.1, -0.05) is 6.58 Å². The largest absolute Gasteiger partial charge is 0.388 e. The second-order valence-corrected chi connectivity index (χ2v) is 10.8. The normalized spacial score (nSPS) is 33.0. The van der Waals surface area contributed by atoms with E-state index in [9.17, 15) is 15.0 Å². The van der Waals surface area contributed by atoms with E-state index in [0.29, 0.717) is 12.2 Å². The van der Waals surface area contributed by atoms with Crippen LogP contribution in [0.4, 0.5) is 0 Å². The molecule has 22 heavy (non-hydrogen) atoms. The van der Waals surface area contributed by atoms with Gasteiger partial charge in [0.15, 0.2) is 6.23 Å². The summed E-state index contributed by atoms with van der Waals surface area (Å²) in [6.07, 6.45) is 5.39. The third-order valence-corrected chi connectivity index (χ3v) is 5.49. The molecule has 2 rings (SSSR count). The minimum absolute atomic E-state index is 0.186. The molecule has 0 aromatic heterocycles. The Hall–Kier alpha value is -1.07. The summed E-state index contributed by atoms with van der Waals surface area (Å²) in [5.74, 6) is 0.226. The number of hydrogen-bond donors (Lipinski definition) is 2. The van der Waals surface area contributed by atoms with E-state index in [4.69, 9.17) is 4.74 Å². The zero-order valence-electron chi connectivity index (χ0n) is 13.3. The van der Waals surface area contributed by atoms with Crippen LogP contribution in [0.5, 0.6) is 0 Å². The summed E-state index contributed by atoms with van der Waals surface area (Å²) in [5, 5.41) is 20.5. The van der Waals surface area contributed by atoms with Gasteiger partial charge >= 0.3 is 0 Å². The molecule has 7 heteroatoms. The van der Waals surface area contributed by atoms with Crippen LogP contribution in [0.1, 0.15) is 6.42 Å². The molecule has 6 nitrogen and oxygen atoms in total. The van der Waals surface area contributed by atoms with Gasteiger partial charge in [0.1, 0.15) is 18.0 Å². The van der Waals surface area contributed by atoms with E-state index >= 15 is 0 Å². The summed E-state index contributed by atoms with van der Waals surface area (Å²) >= 11 is 0. The average molecular weight is 328 g/mol. The molecule has 4 atom stereocenters. The maximum absolute atomic E-state index is 11.6. The smallest absolute Gasteiger partial charge is 0.253 e. The Labute approximate surface area is 131 Å². The van der Waals surface area contributed by atoms with Crippen molar-refractivity contribution in [1.29, 1.82) is 0 Å². The lowest BCUT2D eigenvalue weighted by Gasteiger charge is -2.36. The minimum Gasteiger partial charge on any atom is -0.388 e. The number of rotatable bonds is 4. The van der Waals surface area contributed by atoms with Crippen molar-refractivity contribution in [2.45, 2.75) is 31.0 Å². The highest BCUT2D eigenvalue weighted by Gasteiger charge is 2.46. The summed E-state index contributed by atoms with van der Waals surface area (Å²) in [4.78, 5) is 14.5. The van der Waals surface area contributed by atoms with Gasteiger partial charge in [-0.15, -0.1) is 13.2 Å². The summed E-state index contributed by atoms with van der Waals surface area (Å²) in [6, 6.07) is 0. The predicted molar refractivity (Wildman–Crippen MR) is 88.9 cm³/mol. The van der Waals surface area contributed by atoms with Crippen LogP contribution >= 0.6 is 6.89 Å². The summed E-state index contributed by atoms with van der Waals surface area (Å²) in [6.45, 7) is 6.87. The first-order valence-corrected chi connectivity index (χ1v) is 10.3. The molecule has 0 spiro atoms. The van der Waals surface area contributed by atoms with E-state index in [-0.39, 0.29) is 5.91 Å². The van der Waals surface area contributed by atoms with Crippen molar-refractivity contribution in [2.75, 3.05) is 26.5 Å². The number of nitrogens with zero attached hydrogens (tertiary/aromatic N) is 2. The molecule has 124 valence electrons. The Morgan fingerprint density at radius 1 is 1.36 bits per heavy atom. The van der Waals surface area contributed by atoms with Gasteiger partial charge in [0.25, 0.3) is 5.91 Å². The lowest BCUT2D eigenvalue weighted by molar-refractivity contribution is -0.127. The fourth-order valence-corrected chi connectivity index (χ4v) is 3.50. The maximum Gasteiger partial charge on any atom is 0.253 e. The lowest BCUT2D eigenvalue weighted by atomic mass is 10.1. The zero-order valence-corrected chi connectivity index (χ0v) is 14.2. The van der Waals surface area contributed by atoms with Crippen molar-refractivity contribution in [1.82, 2.24) is 9.80 Å². The number of likely N-dealkylation sites (N-methyl/N-ethyl adjacent to an activating group) is 1. The van der Waals surface area contributed by atoms with Gasteiger partial charge in [-0.05, 0) is 25.9 Å². The highest BCUT2D eigenvalue weighted by atomic mass is 31.2. The first kappa shape index (κ1) is 17.3. The van der Waals surface area contributed by atoms with Gasteiger partial charge in [0, 0.05) is 19.3 Å². The second kappa shape index (κ2) is 6.20. The van der Waals surface area contributed by atoms with Crippen LogP contribution in [-0.2, 0) is 9.53 Å². The molecular weight excluding hydrogens is 303 g/mol. The van der Waals surface area contributed by atoms with Crippen molar-refractivity contribution in [2.24, 2.45) is 0 Å². The molecule has 1 fully saturated rings. The third-order valence-electron chi connectivity index (χ3n) is 4.02. The van der Waals surface area contributed by atoms with Crippen LogP contribution in [0.15, 0.2) is 24.7 Å². The molecular formula is C15H25N2O4P. The van der Waals surface area contributed by atoms with Crippen LogP contribution < -0.4 is 0 Å². The predicted octanol–water partition coefficient (Wildman–Crippen LogP) is 0.291. The van der Waals surface area contributed by atoms with Gasteiger partial charge in [-0.2, -0.15) is 0 Å². The molecule has 2 heterocycles. The molecule has 2 aliphatic rings. The van der Waals surface area contributed by atoms with Crippen LogP contribution in [0.2, 0.25) is 0 Å². The number of amides is 1. The molecule has 2 aliphatic heterocycles. The maximum atomic E-state index is 11.6. The molecule has 0 aromatic carbocycles. The quantitative estimate of drug-likeness (QED) is 0.726. The average Bonchev–Trinajstić information content (AvgIpc) is 2.70. The second-order valence-electron chi connectivity index (χ2n) is 6.53. The topological polar surface area (TPSA) is 73.2 Å². The van der Waals surface area contributed by atoms with Crippen molar-refractivity contribution >= 4 is 19.1 Å². The van der Waals surface area contributed by atoms with Crippen molar-refractivity contribution in [3.63, 3.8) is 0 Å². The van der Waals surface area contributed by atoms with Crippen molar-refractivity contribution in [3.05, 3.63) is 24.7 Å². The first-order valence-electron chi connectivity index (χ1n) is 7.24. The Balaban J connectivity index is 2.10. The summed E-state index contributed by atoms with van der Waals surface area (Å²) < 4.78 is 5.84. The van der Waals surface area contributed by atoms with E-state index in [0.717, 1.165) is 6.16 Å². The number of aliphatic hydroxyl groups is 2. The number of ether oxygens (including phenoxy) is 1. The van der Waals surface area contributed by atoms with Crippen LogP contribution in [0, 0.1) is 0 Å². The summed E-state index contributed by atoms with van der Waals surface area (Å²) in [5.41, 5.74) is 0. The minimum atomic E-state index is -1.22. The fourth-order valence-electron chi connectivity index (χ4n) is 2.55. The molecule has 2 N–H and O–H groups in total. The lowest BCUT2D eigenvalue weighted by Crippen LogP contribution is -2.47. The van der Waals surface area contributed by atoms with Crippen LogP contribution in [0.25, 0.3) is 0 Å². The highest BCUT2D eigenvalue weighted by molar-refractivity contribution is 7.72. The fraction of sp³-hybridized carbons (Fsp3) is 0.600. The molecule has 1 saturated heterocycles. The van der Waals surface area contributed by atoms with Gasteiger partial charge in [0.2, 0.25) is 0 Å². The van der Waals surface area contributed by atoms with Crippen LogP contribution in [-0.4, -0.2) is 83.3 Å². The Bertz CT molecular complexity index is 542. The van der Waals surface area contributed by atoms with E-state index in [1.165, 1.54) is 17.2 Å². The zero-order chi connectivity index (χ0) is 16.7. The summed E-state index contributed by atoms with van der Waals surface area (Å²) in [7, 11) is 1.60. The third kappa shape index (κ3) is 3.46. The van der Waals surface area contributed by atoms with E-state index < -0.39 is 31.4 Å². The molecule has 0 aromatic rings. The number of carbonyl (C=O) groups is 1. The molecule has 1 amide bonds. The Morgan fingerprint density at radius 3 is 2.59 bits per heavy atom. The molecule has 0 aliphatic carbocycles. The number of aliphatic hydroxyl groups excluding tert-OH is 2. The van der Waals surface area contributed by atoms with E-state index in [2.05, 4.69) is 26.2 Å². The number of hydrogen-bond acceptors (Lipinski definition) is 5. The Kier molecular flexibility index (Phi) is 4.87. The van der Waals surface area contributed by atoms with E-state index in [1.807, 2.05) is 0 Å². The van der Waals surface area contributed by atoms with Crippen molar-refractivity contribution < 1.29 is 19.7 Å². The molecule has 0 radical (unpaired) electrons. The van der Waals surface area contributed by atoms with Gasteiger partial charge in [-0.3, -0.25) is 9.69 Å². The molecule has 0 bridgehead atoms. The Morgan fingerprint density at radius 2 is 2.00 bits per heavy atom. The van der Waals surface area contributed by atoms with Crippen molar-refractivity contribution in [3.8, 4) is 0 Å². The standard InChI is InChI=1S/C15H25N2O4P/c1-10-16(2)12(18)6-8-17(10)15-14(20)13(19)11(21-15)7-9-22(3,4)5/h6,8,11,13-15,19-20H,1,3,7,9H2,2,4-5H3/t11-,13-,14-,15-/m1/s1.